The predicted octanol–water partition coefficient (Wildman–Crippen LogP) is 2.33. The molecule has 110 valence electrons. The molecule has 0 aliphatic carbocycles. The molecule has 1 amide bonds. The second-order valence-electron chi connectivity index (χ2n) is 4.86. The van der Waals surface area contributed by atoms with Gasteiger partial charge >= 0.3 is 5.97 Å². The van der Waals surface area contributed by atoms with Crippen LogP contribution in [0.15, 0.2) is 23.7 Å². The summed E-state index contributed by atoms with van der Waals surface area (Å²) in [6, 6.07) is 5.22. The van der Waals surface area contributed by atoms with Crippen LogP contribution in [-0.4, -0.2) is 51.0 Å². The Kier molecular flexibility index (Phi) is 4.12. The second-order valence-corrected chi connectivity index (χ2v) is 6.90. The van der Waals surface area contributed by atoms with Gasteiger partial charge in [0.15, 0.2) is 0 Å². The van der Waals surface area contributed by atoms with Gasteiger partial charge in [-0.1, -0.05) is 0 Å². The van der Waals surface area contributed by atoms with Gasteiger partial charge in [-0.2, -0.15) is 11.8 Å². The van der Waals surface area contributed by atoms with Gasteiger partial charge in [-0.15, -0.1) is 11.3 Å². The Bertz CT molecular complexity index is 686. The number of carbonyl (C=O) groups is 2. The first-order valence-electron chi connectivity index (χ1n) is 6.59. The standard InChI is InChI=1S/C14H14N2O3S2/c17-13(18)6-10-7-20-4-3-16(10)14(19)9-1-2-11-12(5-9)21-8-15-11/h1-2,5,8,10H,3-4,6-7H2,(H,17,18). The summed E-state index contributed by atoms with van der Waals surface area (Å²) in [6.07, 6.45) is 0.00153. The summed E-state index contributed by atoms with van der Waals surface area (Å²) >= 11 is 3.20. The Labute approximate surface area is 130 Å². The van der Waals surface area contributed by atoms with Crippen LogP contribution >= 0.6 is 23.1 Å². The summed E-state index contributed by atoms with van der Waals surface area (Å²) in [6.45, 7) is 0.599. The van der Waals surface area contributed by atoms with Crippen LogP contribution in [0.25, 0.3) is 10.2 Å². The lowest BCUT2D eigenvalue weighted by molar-refractivity contribution is -0.138. The number of aliphatic carboxylic acids is 1. The smallest absolute Gasteiger partial charge is 0.305 e. The molecule has 7 heteroatoms. The van der Waals surface area contributed by atoms with Gasteiger partial charge in [-0.25, -0.2) is 4.98 Å². The van der Waals surface area contributed by atoms with E-state index in [2.05, 4.69) is 4.98 Å². The summed E-state index contributed by atoms with van der Waals surface area (Å²) in [5.74, 6) is 0.584. The van der Waals surface area contributed by atoms with Gasteiger partial charge in [0.25, 0.3) is 5.91 Å². The minimum Gasteiger partial charge on any atom is -0.481 e. The molecular formula is C14H14N2O3S2. The fraction of sp³-hybridized carbons (Fsp3) is 0.357. The number of carbonyl (C=O) groups excluding carboxylic acids is 1. The van der Waals surface area contributed by atoms with E-state index in [4.69, 9.17) is 5.11 Å². The summed E-state index contributed by atoms with van der Waals surface area (Å²) in [5, 5.41) is 9.00. The monoisotopic (exact) mass is 322 g/mol. The average molecular weight is 322 g/mol. The number of hydrogen-bond acceptors (Lipinski definition) is 5. The first-order chi connectivity index (χ1) is 10.1. The zero-order chi connectivity index (χ0) is 14.8. The van der Waals surface area contributed by atoms with Crippen LogP contribution < -0.4 is 0 Å². The number of hydrogen-bond donors (Lipinski definition) is 1. The van der Waals surface area contributed by atoms with E-state index in [0.29, 0.717) is 17.9 Å². The van der Waals surface area contributed by atoms with Crippen LogP contribution in [0.5, 0.6) is 0 Å². The molecule has 1 aromatic heterocycles. The van der Waals surface area contributed by atoms with Gasteiger partial charge < -0.3 is 10.0 Å². The average Bonchev–Trinajstić information content (AvgIpc) is 2.94. The quantitative estimate of drug-likeness (QED) is 0.939. The molecule has 1 aromatic carbocycles. The molecule has 0 saturated carbocycles. The highest BCUT2D eigenvalue weighted by Gasteiger charge is 2.29. The molecule has 1 unspecified atom stereocenters. The molecule has 0 spiro atoms. The maximum Gasteiger partial charge on any atom is 0.305 e. The van der Waals surface area contributed by atoms with Crippen molar-refractivity contribution in [3.8, 4) is 0 Å². The third-order valence-electron chi connectivity index (χ3n) is 3.48. The lowest BCUT2D eigenvalue weighted by atomic mass is 10.1. The van der Waals surface area contributed by atoms with Crippen molar-refractivity contribution in [2.45, 2.75) is 12.5 Å². The van der Waals surface area contributed by atoms with E-state index in [9.17, 15) is 9.59 Å². The Hall–Kier alpha value is -1.60. The number of nitrogens with zero attached hydrogens (tertiary/aromatic N) is 2. The van der Waals surface area contributed by atoms with E-state index < -0.39 is 5.97 Å². The lowest BCUT2D eigenvalue weighted by Gasteiger charge is -2.34. The number of rotatable bonds is 3. The first-order valence-corrected chi connectivity index (χ1v) is 8.62. The van der Waals surface area contributed by atoms with Crippen LogP contribution in [0.1, 0.15) is 16.8 Å². The summed E-state index contributed by atoms with van der Waals surface area (Å²) in [4.78, 5) is 29.5. The molecule has 1 saturated heterocycles. The number of carboxylic acid groups (broad SMARTS) is 1. The van der Waals surface area contributed by atoms with E-state index >= 15 is 0 Å². The zero-order valence-electron chi connectivity index (χ0n) is 11.2. The molecule has 2 heterocycles. The summed E-state index contributed by atoms with van der Waals surface area (Å²) in [7, 11) is 0. The normalized spacial score (nSPS) is 18.9. The van der Waals surface area contributed by atoms with E-state index in [1.807, 2.05) is 12.1 Å². The molecule has 1 atom stereocenters. The van der Waals surface area contributed by atoms with Crippen molar-refractivity contribution in [2.24, 2.45) is 0 Å². The maximum atomic E-state index is 12.7. The van der Waals surface area contributed by atoms with Crippen LogP contribution in [-0.2, 0) is 4.79 Å². The number of thioether (sulfide) groups is 1. The molecule has 21 heavy (non-hydrogen) atoms. The van der Waals surface area contributed by atoms with Crippen molar-refractivity contribution in [3.63, 3.8) is 0 Å². The largest absolute Gasteiger partial charge is 0.481 e. The predicted molar refractivity (Wildman–Crippen MR) is 84.0 cm³/mol. The van der Waals surface area contributed by atoms with Gasteiger partial charge in [-0.05, 0) is 18.2 Å². The third-order valence-corrected chi connectivity index (χ3v) is 5.36. The van der Waals surface area contributed by atoms with Crippen molar-refractivity contribution >= 4 is 45.2 Å². The minimum atomic E-state index is -0.863. The fourth-order valence-corrected chi connectivity index (χ4v) is 4.23. The topological polar surface area (TPSA) is 70.5 Å². The highest BCUT2D eigenvalue weighted by atomic mass is 32.2. The van der Waals surface area contributed by atoms with Crippen molar-refractivity contribution in [2.75, 3.05) is 18.1 Å². The van der Waals surface area contributed by atoms with E-state index in [-0.39, 0.29) is 18.4 Å². The summed E-state index contributed by atoms with van der Waals surface area (Å²) in [5.41, 5.74) is 3.24. The molecule has 0 bridgehead atoms. The van der Waals surface area contributed by atoms with Gasteiger partial charge in [0.2, 0.25) is 0 Å². The summed E-state index contributed by atoms with van der Waals surface area (Å²) < 4.78 is 0.974. The Morgan fingerprint density at radius 1 is 1.43 bits per heavy atom. The molecule has 1 fully saturated rings. The van der Waals surface area contributed by atoms with Gasteiger partial charge in [0.05, 0.1) is 28.2 Å². The molecule has 2 aromatic rings. The van der Waals surface area contributed by atoms with E-state index in [1.54, 1.807) is 28.2 Å². The van der Waals surface area contributed by atoms with Crippen molar-refractivity contribution < 1.29 is 14.7 Å². The van der Waals surface area contributed by atoms with Crippen LogP contribution in [0.4, 0.5) is 0 Å². The number of amides is 1. The fourth-order valence-electron chi connectivity index (χ4n) is 2.45. The van der Waals surface area contributed by atoms with Gasteiger partial charge in [0, 0.05) is 23.6 Å². The molecule has 3 rings (SSSR count). The second kappa shape index (κ2) is 6.03. The number of carboxylic acids is 1. The number of thiazole rings is 1. The van der Waals surface area contributed by atoms with Gasteiger partial charge in [-0.3, -0.25) is 9.59 Å². The lowest BCUT2D eigenvalue weighted by Crippen LogP contribution is -2.47. The Balaban J connectivity index is 1.85. The molecule has 1 aliphatic rings. The Morgan fingerprint density at radius 3 is 3.10 bits per heavy atom. The Morgan fingerprint density at radius 2 is 2.29 bits per heavy atom. The van der Waals surface area contributed by atoms with Crippen molar-refractivity contribution in [1.29, 1.82) is 0 Å². The third kappa shape index (κ3) is 3.03. The highest BCUT2D eigenvalue weighted by molar-refractivity contribution is 7.99. The first kappa shape index (κ1) is 14.3. The zero-order valence-corrected chi connectivity index (χ0v) is 12.8. The van der Waals surface area contributed by atoms with Crippen molar-refractivity contribution in [1.82, 2.24) is 9.88 Å². The van der Waals surface area contributed by atoms with Crippen LogP contribution in [0, 0.1) is 0 Å². The van der Waals surface area contributed by atoms with Gasteiger partial charge in [0.1, 0.15) is 0 Å². The van der Waals surface area contributed by atoms with E-state index in [0.717, 1.165) is 16.0 Å². The minimum absolute atomic E-state index is 0.00153. The van der Waals surface area contributed by atoms with E-state index in [1.165, 1.54) is 11.3 Å². The molecule has 0 radical (unpaired) electrons. The highest BCUT2D eigenvalue weighted by Crippen LogP contribution is 2.24. The van der Waals surface area contributed by atoms with Crippen LogP contribution in [0.2, 0.25) is 0 Å². The molecular weight excluding hydrogens is 308 g/mol. The van der Waals surface area contributed by atoms with Crippen LogP contribution in [0.3, 0.4) is 0 Å². The molecule has 1 N–H and O–H groups in total. The number of fused-ring (bicyclic) bond motifs is 1. The molecule has 1 aliphatic heterocycles. The SMILES string of the molecule is O=C(O)CC1CSCCN1C(=O)c1ccc2ncsc2c1. The van der Waals surface area contributed by atoms with Crippen molar-refractivity contribution in [3.05, 3.63) is 29.3 Å². The molecule has 5 nitrogen and oxygen atoms in total. The number of benzene rings is 1. The number of aromatic nitrogens is 1. The maximum absolute atomic E-state index is 12.7.